The van der Waals surface area contributed by atoms with Crippen molar-refractivity contribution in [3.05, 3.63) is 63.6 Å². The third-order valence-corrected chi connectivity index (χ3v) is 3.12. The highest BCUT2D eigenvalue weighted by atomic mass is 79.9. The third-order valence-electron chi connectivity index (χ3n) is 2.66. The number of benzene rings is 2. The molecule has 2 aromatic carbocycles. The molecule has 88 valence electrons. The zero-order valence-corrected chi connectivity index (χ0v) is 11.7. The lowest BCUT2D eigenvalue weighted by atomic mass is 10.1. The first-order valence-corrected chi connectivity index (χ1v) is 6.49. The molecule has 17 heavy (non-hydrogen) atoms. The fraction of sp³-hybridized carbons (Fsp3) is 0.200. The lowest BCUT2D eigenvalue weighted by Crippen LogP contribution is -1.99. The molecule has 0 amide bonds. The molecule has 0 aliphatic rings. The summed E-state index contributed by atoms with van der Waals surface area (Å²) in [4.78, 5) is 0. The normalized spacial score (nSPS) is 10.3. The van der Waals surface area contributed by atoms with Crippen molar-refractivity contribution in [3.63, 3.8) is 0 Å². The first kappa shape index (κ1) is 12.2. The Balaban J connectivity index is 2.04. The molecule has 1 N–H and O–H groups in total. The van der Waals surface area contributed by atoms with E-state index in [0.29, 0.717) is 0 Å². The van der Waals surface area contributed by atoms with E-state index in [2.05, 4.69) is 77.6 Å². The Kier molecular flexibility index (Phi) is 3.85. The number of hydrogen-bond donors (Lipinski definition) is 1. The van der Waals surface area contributed by atoms with Crippen LogP contribution in [-0.2, 0) is 6.54 Å². The first-order valence-electron chi connectivity index (χ1n) is 5.70. The van der Waals surface area contributed by atoms with E-state index in [1.54, 1.807) is 0 Å². The second kappa shape index (κ2) is 5.37. The summed E-state index contributed by atoms with van der Waals surface area (Å²) in [6, 6.07) is 15.0. The minimum atomic E-state index is 0.857. The predicted octanol–water partition coefficient (Wildman–Crippen LogP) is 4.68. The van der Waals surface area contributed by atoms with E-state index in [0.717, 1.165) is 16.7 Å². The molecule has 0 aromatic heterocycles. The summed E-state index contributed by atoms with van der Waals surface area (Å²) in [5.74, 6) is 0. The van der Waals surface area contributed by atoms with Crippen molar-refractivity contribution in [2.45, 2.75) is 20.4 Å². The van der Waals surface area contributed by atoms with Gasteiger partial charge in [0.25, 0.3) is 0 Å². The fourth-order valence-corrected chi connectivity index (χ4v) is 2.36. The maximum Gasteiger partial charge on any atom is 0.0400 e. The second-order valence-electron chi connectivity index (χ2n) is 4.36. The van der Waals surface area contributed by atoms with Crippen LogP contribution in [0.2, 0.25) is 0 Å². The largest absolute Gasteiger partial charge is 0.381 e. The number of hydrogen-bond acceptors (Lipinski definition) is 1. The minimum Gasteiger partial charge on any atom is -0.381 e. The number of aryl methyl sites for hydroxylation is 2. The monoisotopic (exact) mass is 289 g/mol. The highest BCUT2D eigenvalue weighted by Crippen LogP contribution is 2.19. The fourth-order valence-electron chi connectivity index (χ4n) is 1.75. The Labute approximate surface area is 111 Å². The smallest absolute Gasteiger partial charge is 0.0400 e. The number of nitrogens with one attached hydrogen (secondary N) is 1. The molecule has 0 spiro atoms. The van der Waals surface area contributed by atoms with Gasteiger partial charge in [-0.3, -0.25) is 0 Å². The molecule has 0 bridgehead atoms. The molecular weight excluding hydrogens is 274 g/mol. The van der Waals surface area contributed by atoms with Gasteiger partial charge in [-0.2, -0.15) is 0 Å². The third kappa shape index (κ3) is 3.60. The quantitative estimate of drug-likeness (QED) is 0.865. The second-order valence-corrected chi connectivity index (χ2v) is 5.27. The van der Waals surface area contributed by atoms with Gasteiger partial charge in [0.15, 0.2) is 0 Å². The van der Waals surface area contributed by atoms with Crippen molar-refractivity contribution in [2.24, 2.45) is 0 Å². The molecule has 0 radical (unpaired) electrons. The van der Waals surface area contributed by atoms with Gasteiger partial charge in [-0.15, -0.1) is 0 Å². The van der Waals surface area contributed by atoms with E-state index in [-0.39, 0.29) is 0 Å². The predicted molar refractivity (Wildman–Crippen MR) is 77.4 cm³/mol. The first-order chi connectivity index (χ1) is 8.13. The standard InChI is InChI=1S/C15H16BrN/c1-11-3-5-13(6-4-11)10-17-15-8-12(2)7-14(16)9-15/h3-9,17H,10H2,1-2H3. The van der Waals surface area contributed by atoms with Gasteiger partial charge in [0.05, 0.1) is 0 Å². The summed E-state index contributed by atoms with van der Waals surface area (Å²) in [7, 11) is 0. The average Bonchev–Trinajstić information content (AvgIpc) is 2.27. The number of halogens is 1. The van der Waals surface area contributed by atoms with Crippen LogP contribution >= 0.6 is 15.9 Å². The summed E-state index contributed by atoms with van der Waals surface area (Å²) in [6.45, 7) is 5.06. The maximum absolute atomic E-state index is 3.51. The Hall–Kier alpha value is -1.28. The topological polar surface area (TPSA) is 12.0 Å². The summed E-state index contributed by atoms with van der Waals surface area (Å²) in [5, 5.41) is 3.43. The van der Waals surface area contributed by atoms with Crippen LogP contribution in [0.1, 0.15) is 16.7 Å². The van der Waals surface area contributed by atoms with Crippen LogP contribution in [0.4, 0.5) is 5.69 Å². The van der Waals surface area contributed by atoms with Crippen molar-refractivity contribution in [3.8, 4) is 0 Å². The van der Waals surface area contributed by atoms with Crippen LogP contribution in [-0.4, -0.2) is 0 Å². The lowest BCUT2D eigenvalue weighted by Gasteiger charge is -2.08. The molecule has 0 aliphatic heterocycles. The molecule has 0 heterocycles. The summed E-state index contributed by atoms with van der Waals surface area (Å²) < 4.78 is 1.11. The Bertz CT molecular complexity index is 483. The van der Waals surface area contributed by atoms with E-state index in [9.17, 15) is 0 Å². The highest BCUT2D eigenvalue weighted by Gasteiger charge is 1.97. The zero-order chi connectivity index (χ0) is 12.3. The SMILES string of the molecule is Cc1ccc(CNc2cc(C)cc(Br)c2)cc1. The summed E-state index contributed by atoms with van der Waals surface area (Å²) in [5.41, 5.74) is 5.00. The van der Waals surface area contributed by atoms with Crippen LogP contribution in [0.15, 0.2) is 46.9 Å². The summed E-state index contributed by atoms with van der Waals surface area (Å²) >= 11 is 3.51. The van der Waals surface area contributed by atoms with Gasteiger partial charge < -0.3 is 5.32 Å². The van der Waals surface area contributed by atoms with Gasteiger partial charge in [-0.05, 0) is 43.2 Å². The zero-order valence-electron chi connectivity index (χ0n) is 10.1. The molecule has 2 aromatic rings. The van der Waals surface area contributed by atoms with Gasteiger partial charge >= 0.3 is 0 Å². The molecule has 0 saturated carbocycles. The van der Waals surface area contributed by atoms with Gasteiger partial charge in [0.2, 0.25) is 0 Å². The van der Waals surface area contributed by atoms with Gasteiger partial charge in [0.1, 0.15) is 0 Å². The summed E-state index contributed by atoms with van der Waals surface area (Å²) in [6.07, 6.45) is 0. The molecule has 0 aliphatic carbocycles. The minimum absolute atomic E-state index is 0.857. The van der Waals surface area contributed by atoms with E-state index >= 15 is 0 Å². The number of rotatable bonds is 3. The van der Waals surface area contributed by atoms with Gasteiger partial charge in [0, 0.05) is 16.7 Å². The van der Waals surface area contributed by atoms with Crippen LogP contribution < -0.4 is 5.32 Å². The van der Waals surface area contributed by atoms with Crippen molar-refractivity contribution < 1.29 is 0 Å². The molecule has 2 heteroatoms. The molecule has 0 unspecified atom stereocenters. The van der Waals surface area contributed by atoms with Crippen molar-refractivity contribution in [1.29, 1.82) is 0 Å². The van der Waals surface area contributed by atoms with Crippen LogP contribution in [0.25, 0.3) is 0 Å². The lowest BCUT2D eigenvalue weighted by molar-refractivity contribution is 1.14. The average molecular weight is 290 g/mol. The molecular formula is C15H16BrN. The number of anilines is 1. The van der Waals surface area contributed by atoms with Crippen molar-refractivity contribution >= 4 is 21.6 Å². The van der Waals surface area contributed by atoms with Crippen molar-refractivity contribution in [1.82, 2.24) is 0 Å². The van der Waals surface area contributed by atoms with Crippen molar-refractivity contribution in [2.75, 3.05) is 5.32 Å². The molecule has 0 fully saturated rings. The Morgan fingerprint density at radius 3 is 2.29 bits per heavy atom. The van der Waals surface area contributed by atoms with Crippen LogP contribution in [0, 0.1) is 13.8 Å². The van der Waals surface area contributed by atoms with E-state index in [1.165, 1.54) is 16.7 Å². The Morgan fingerprint density at radius 2 is 1.65 bits per heavy atom. The van der Waals surface area contributed by atoms with E-state index in [4.69, 9.17) is 0 Å². The van der Waals surface area contributed by atoms with Gasteiger partial charge in [-0.25, -0.2) is 0 Å². The Morgan fingerprint density at radius 1 is 0.941 bits per heavy atom. The maximum atomic E-state index is 3.51. The molecule has 1 nitrogen and oxygen atoms in total. The van der Waals surface area contributed by atoms with Gasteiger partial charge in [-0.1, -0.05) is 45.8 Å². The van der Waals surface area contributed by atoms with E-state index in [1.807, 2.05) is 0 Å². The molecule has 2 rings (SSSR count). The van der Waals surface area contributed by atoms with Crippen LogP contribution in [0.5, 0.6) is 0 Å². The highest BCUT2D eigenvalue weighted by molar-refractivity contribution is 9.10. The van der Waals surface area contributed by atoms with Crippen LogP contribution in [0.3, 0.4) is 0 Å². The van der Waals surface area contributed by atoms with E-state index < -0.39 is 0 Å². The molecule has 0 saturated heterocycles. The molecule has 0 atom stereocenters.